The first-order valence-electron chi connectivity index (χ1n) is 7.57. The highest BCUT2D eigenvalue weighted by Gasteiger charge is 2.27. The number of hydrogen-bond donors (Lipinski definition) is 1. The second kappa shape index (κ2) is 9.91. The van der Waals surface area contributed by atoms with Crippen LogP contribution in [0.5, 0.6) is 5.75 Å². The van der Waals surface area contributed by atoms with E-state index in [1.807, 2.05) is 18.7 Å². The molecule has 2 unspecified atom stereocenters. The summed E-state index contributed by atoms with van der Waals surface area (Å²) in [5.41, 5.74) is 6.66. The number of hydrogen-bond acceptors (Lipinski definition) is 4. The number of nitrogens with zero attached hydrogens (tertiary/aromatic N) is 2. The van der Waals surface area contributed by atoms with Gasteiger partial charge in [-0.15, -0.1) is 24.8 Å². The number of carbonyl (C=O) groups is 1. The molecule has 0 radical (unpaired) electrons. The van der Waals surface area contributed by atoms with Crippen molar-refractivity contribution in [3.05, 3.63) is 24.0 Å². The van der Waals surface area contributed by atoms with E-state index in [9.17, 15) is 9.18 Å². The third-order valence-corrected chi connectivity index (χ3v) is 4.25. The van der Waals surface area contributed by atoms with Crippen molar-refractivity contribution in [3.63, 3.8) is 0 Å². The monoisotopic (exact) mass is 381 g/mol. The Kier molecular flexibility index (Phi) is 9.40. The van der Waals surface area contributed by atoms with Crippen LogP contribution in [0.1, 0.15) is 13.8 Å². The van der Waals surface area contributed by atoms with Crippen molar-refractivity contribution >= 4 is 36.4 Å². The van der Waals surface area contributed by atoms with Crippen LogP contribution in [0.15, 0.2) is 18.2 Å². The Morgan fingerprint density at radius 3 is 2.29 bits per heavy atom. The van der Waals surface area contributed by atoms with Gasteiger partial charge in [0.1, 0.15) is 11.6 Å². The van der Waals surface area contributed by atoms with Crippen molar-refractivity contribution in [2.75, 3.05) is 38.2 Å². The number of piperazine rings is 1. The minimum Gasteiger partial charge on any atom is -0.494 e. The number of anilines is 1. The molecule has 2 atom stereocenters. The summed E-state index contributed by atoms with van der Waals surface area (Å²) in [6, 6.07) is 4.37. The number of ether oxygens (including phenoxy) is 1. The lowest BCUT2D eigenvalue weighted by Crippen LogP contribution is -2.52. The number of amides is 1. The number of benzene rings is 1. The lowest BCUT2D eigenvalue weighted by Gasteiger charge is -2.38. The largest absolute Gasteiger partial charge is 0.494 e. The van der Waals surface area contributed by atoms with Crippen molar-refractivity contribution in [3.8, 4) is 5.75 Å². The van der Waals surface area contributed by atoms with Crippen LogP contribution in [0.2, 0.25) is 0 Å². The van der Waals surface area contributed by atoms with E-state index < -0.39 is 0 Å². The minimum atomic E-state index is -0.319. The molecule has 1 heterocycles. The molecule has 2 rings (SSSR count). The molecule has 1 aromatic carbocycles. The Balaban J connectivity index is 0.00000264. The zero-order valence-electron chi connectivity index (χ0n) is 14.2. The SMILES string of the molecule is COc1cc(F)ccc1N1CCN(C(=O)C(C)C(C)N)CC1.Cl.Cl. The van der Waals surface area contributed by atoms with Crippen LogP contribution >= 0.6 is 24.8 Å². The Hall–Kier alpha value is -1.24. The van der Waals surface area contributed by atoms with Gasteiger partial charge in [0, 0.05) is 38.3 Å². The predicted octanol–water partition coefficient (Wildman–Crippen LogP) is 2.31. The van der Waals surface area contributed by atoms with Crippen molar-refractivity contribution in [1.29, 1.82) is 0 Å². The molecule has 1 amide bonds. The fourth-order valence-corrected chi connectivity index (χ4v) is 2.59. The molecular weight excluding hydrogens is 356 g/mol. The summed E-state index contributed by atoms with van der Waals surface area (Å²) >= 11 is 0. The number of rotatable bonds is 4. The standard InChI is InChI=1S/C16H24FN3O2.2ClH/c1-11(12(2)18)16(21)20-8-6-19(7-9-20)14-5-4-13(17)10-15(14)22-3;;/h4-5,10-12H,6-9,18H2,1-3H3;2*1H. The highest BCUT2D eigenvalue weighted by atomic mass is 35.5. The third-order valence-electron chi connectivity index (χ3n) is 4.25. The van der Waals surface area contributed by atoms with Crippen molar-refractivity contribution < 1.29 is 13.9 Å². The Labute approximate surface area is 155 Å². The lowest BCUT2D eigenvalue weighted by molar-refractivity contribution is -0.135. The third kappa shape index (κ3) is 5.13. The average Bonchev–Trinajstić information content (AvgIpc) is 2.53. The molecule has 1 aliphatic rings. The van der Waals surface area contributed by atoms with Crippen molar-refractivity contribution in [2.45, 2.75) is 19.9 Å². The highest BCUT2D eigenvalue weighted by Crippen LogP contribution is 2.29. The summed E-state index contributed by atoms with van der Waals surface area (Å²) in [6.45, 7) is 6.37. The average molecular weight is 382 g/mol. The van der Waals surface area contributed by atoms with Gasteiger partial charge in [-0.3, -0.25) is 4.79 Å². The molecule has 0 spiro atoms. The maximum Gasteiger partial charge on any atom is 0.227 e. The van der Waals surface area contributed by atoms with E-state index in [0.717, 1.165) is 5.69 Å². The fourth-order valence-electron chi connectivity index (χ4n) is 2.59. The van der Waals surface area contributed by atoms with Crippen molar-refractivity contribution in [1.82, 2.24) is 4.90 Å². The van der Waals surface area contributed by atoms with E-state index in [-0.39, 0.29) is 48.5 Å². The molecular formula is C16H26Cl2FN3O2. The van der Waals surface area contributed by atoms with Crippen LogP contribution in [0.3, 0.4) is 0 Å². The van der Waals surface area contributed by atoms with Crippen LogP contribution in [-0.4, -0.2) is 50.1 Å². The molecule has 8 heteroatoms. The second-order valence-corrected chi connectivity index (χ2v) is 5.78. The molecule has 5 nitrogen and oxygen atoms in total. The molecule has 0 saturated carbocycles. The molecule has 1 saturated heterocycles. The Morgan fingerprint density at radius 1 is 1.21 bits per heavy atom. The summed E-state index contributed by atoms with van der Waals surface area (Å²) in [6.07, 6.45) is 0. The summed E-state index contributed by atoms with van der Waals surface area (Å²) in [7, 11) is 1.53. The Bertz CT molecular complexity index is 538. The molecule has 0 aliphatic carbocycles. The molecule has 2 N–H and O–H groups in total. The zero-order valence-corrected chi connectivity index (χ0v) is 15.8. The highest BCUT2D eigenvalue weighted by molar-refractivity contribution is 5.85. The van der Waals surface area contributed by atoms with Gasteiger partial charge < -0.3 is 20.3 Å². The van der Waals surface area contributed by atoms with E-state index in [0.29, 0.717) is 31.9 Å². The van der Waals surface area contributed by atoms with E-state index in [4.69, 9.17) is 10.5 Å². The summed E-state index contributed by atoms with van der Waals surface area (Å²) in [5.74, 6) is 0.122. The van der Waals surface area contributed by atoms with Gasteiger partial charge >= 0.3 is 0 Å². The number of nitrogens with two attached hydrogens (primary N) is 1. The topological polar surface area (TPSA) is 58.8 Å². The molecule has 138 valence electrons. The molecule has 0 aromatic heterocycles. The van der Waals surface area contributed by atoms with E-state index >= 15 is 0 Å². The summed E-state index contributed by atoms with van der Waals surface area (Å²) in [5, 5.41) is 0. The van der Waals surface area contributed by atoms with Gasteiger partial charge in [-0.1, -0.05) is 6.92 Å². The van der Waals surface area contributed by atoms with Gasteiger partial charge in [-0.2, -0.15) is 0 Å². The molecule has 1 aliphatic heterocycles. The number of halogens is 3. The lowest BCUT2D eigenvalue weighted by atomic mass is 10.0. The number of carbonyl (C=O) groups excluding carboxylic acids is 1. The fraction of sp³-hybridized carbons (Fsp3) is 0.562. The number of methoxy groups -OCH3 is 1. The Morgan fingerprint density at radius 2 is 1.79 bits per heavy atom. The van der Waals surface area contributed by atoms with Crippen LogP contribution in [-0.2, 0) is 4.79 Å². The molecule has 24 heavy (non-hydrogen) atoms. The van der Waals surface area contributed by atoms with E-state index in [1.54, 1.807) is 6.07 Å². The van der Waals surface area contributed by atoms with Gasteiger partial charge in [-0.05, 0) is 19.1 Å². The zero-order chi connectivity index (χ0) is 16.3. The smallest absolute Gasteiger partial charge is 0.227 e. The first-order chi connectivity index (χ1) is 10.4. The van der Waals surface area contributed by atoms with Crippen LogP contribution in [0.4, 0.5) is 10.1 Å². The maximum atomic E-state index is 13.3. The molecule has 1 aromatic rings. The van der Waals surface area contributed by atoms with Gasteiger partial charge in [0.15, 0.2) is 0 Å². The second-order valence-electron chi connectivity index (χ2n) is 5.78. The quantitative estimate of drug-likeness (QED) is 0.869. The normalized spacial score (nSPS) is 16.5. The first kappa shape index (κ1) is 22.8. The van der Waals surface area contributed by atoms with Gasteiger partial charge in [-0.25, -0.2) is 4.39 Å². The predicted molar refractivity (Wildman–Crippen MR) is 99.1 cm³/mol. The van der Waals surface area contributed by atoms with Gasteiger partial charge in [0.05, 0.1) is 18.7 Å². The van der Waals surface area contributed by atoms with Crippen molar-refractivity contribution in [2.24, 2.45) is 11.7 Å². The van der Waals surface area contributed by atoms with E-state index in [2.05, 4.69) is 4.90 Å². The van der Waals surface area contributed by atoms with Gasteiger partial charge in [0.25, 0.3) is 0 Å². The first-order valence-corrected chi connectivity index (χ1v) is 7.57. The minimum absolute atomic E-state index is 0. The van der Waals surface area contributed by atoms with Gasteiger partial charge in [0.2, 0.25) is 5.91 Å². The molecule has 1 fully saturated rings. The van der Waals surface area contributed by atoms with Crippen LogP contribution < -0.4 is 15.4 Å². The maximum absolute atomic E-state index is 13.3. The summed E-state index contributed by atoms with van der Waals surface area (Å²) in [4.78, 5) is 16.3. The summed E-state index contributed by atoms with van der Waals surface area (Å²) < 4.78 is 18.5. The molecule has 0 bridgehead atoms. The van der Waals surface area contributed by atoms with E-state index in [1.165, 1.54) is 19.2 Å². The van der Waals surface area contributed by atoms with Crippen LogP contribution in [0.25, 0.3) is 0 Å². The van der Waals surface area contributed by atoms with Crippen LogP contribution in [0, 0.1) is 11.7 Å².